The number of aromatic nitrogens is 2. The van der Waals surface area contributed by atoms with Gasteiger partial charge in [-0.15, -0.1) is 0 Å². The van der Waals surface area contributed by atoms with Crippen LogP contribution in [0, 0.1) is 5.20 Å². The smallest absolute Gasteiger partial charge is 0.151 e. The number of halogens is 1. The fourth-order valence-corrected chi connectivity index (χ4v) is 9.05. The molecule has 1 unspecified atom stereocenters. The zero-order valence-corrected chi connectivity index (χ0v) is 26.5. The molecule has 0 radical (unpaired) electrons. The highest BCUT2D eigenvalue weighted by Crippen LogP contribution is 2.55. The third kappa shape index (κ3) is 5.89. The average Bonchev–Trinajstić information content (AvgIpc) is 3.30. The van der Waals surface area contributed by atoms with Crippen LogP contribution in [0.25, 0.3) is 11.4 Å². The lowest BCUT2D eigenvalue weighted by molar-refractivity contribution is 0.784. The number of nitrogens with zero attached hydrogens (tertiary/aromatic N) is 2. The highest BCUT2D eigenvalue weighted by Gasteiger charge is 2.21. The molecule has 0 saturated carbocycles. The molecule has 0 aliphatic heterocycles. The molecule has 200 valence electrons. The Morgan fingerprint density at radius 3 is 1.26 bits per heavy atom. The Kier molecular flexibility index (Phi) is 9.41. The van der Waals surface area contributed by atoms with Crippen LogP contribution in [0.15, 0.2) is 79.1 Å². The van der Waals surface area contributed by atoms with Crippen LogP contribution >= 0.6 is 26.1 Å². The predicted molar refractivity (Wildman–Crippen MR) is 170 cm³/mol. The molecule has 3 aromatic carbocycles. The van der Waals surface area contributed by atoms with Crippen molar-refractivity contribution in [3.63, 3.8) is 0 Å². The van der Waals surface area contributed by atoms with Gasteiger partial charge in [-0.05, 0) is 59.1 Å². The Labute approximate surface area is 236 Å². The van der Waals surface area contributed by atoms with Gasteiger partial charge in [-0.1, -0.05) is 133 Å². The molecular formula is C33H41ClN2P2. The molecule has 5 heteroatoms. The van der Waals surface area contributed by atoms with E-state index in [1.165, 1.54) is 44.1 Å². The molecule has 0 bridgehead atoms. The summed E-state index contributed by atoms with van der Waals surface area (Å²) in [7, 11) is 1.11. The molecular weight excluding hydrogens is 522 g/mol. The summed E-state index contributed by atoms with van der Waals surface area (Å²) in [5.74, 6) is 1.63. The zero-order valence-electron chi connectivity index (χ0n) is 24.0. The number of imidazole rings is 1. The van der Waals surface area contributed by atoms with E-state index in [1.54, 1.807) is 0 Å². The summed E-state index contributed by atoms with van der Waals surface area (Å²) in [6, 6.07) is 24.1. The summed E-state index contributed by atoms with van der Waals surface area (Å²) in [6.45, 7) is 17.4. The summed E-state index contributed by atoms with van der Waals surface area (Å²) >= 11 is 7.25. The maximum atomic E-state index is 7.25. The Hall–Kier alpha value is -2.11. The standard InChI is InChI=1S/C33H41ClN2P2/c1-22(2)27-16-12-17-28(23(3)4)31(27)35-20-21-36(33(35)37-38(34)26-14-10-9-11-15-26)32-29(24(5)6)18-13-19-30(32)25(7)8/h9-25H,1-8H3. The fourth-order valence-electron chi connectivity index (χ4n) is 5.10. The van der Waals surface area contributed by atoms with Crippen molar-refractivity contribution >= 4 is 31.4 Å². The summed E-state index contributed by atoms with van der Waals surface area (Å²) in [6.07, 6.45) is 4.53. The maximum absolute atomic E-state index is 7.25. The highest BCUT2D eigenvalue weighted by atomic mass is 35.7. The molecule has 0 aliphatic rings. The maximum Gasteiger partial charge on any atom is 0.151 e. The predicted octanol–water partition coefficient (Wildman–Crippen LogP) is 11.1. The van der Waals surface area contributed by atoms with Gasteiger partial charge in [0.2, 0.25) is 0 Å². The summed E-state index contributed by atoms with van der Waals surface area (Å²) in [5, 5.41) is 2.41. The van der Waals surface area contributed by atoms with Crippen molar-refractivity contribution in [1.29, 1.82) is 0 Å². The second-order valence-corrected chi connectivity index (χ2v) is 16.4. The molecule has 1 atom stereocenters. The van der Waals surface area contributed by atoms with Crippen molar-refractivity contribution in [3.8, 4) is 11.4 Å². The van der Waals surface area contributed by atoms with E-state index in [1.807, 2.05) is 0 Å². The number of rotatable bonds is 8. The van der Waals surface area contributed by atoms with Gasteiger partial charge in [0.05, 0.1) is 18.3 Å². The zero-order chi connectivity index (χ0) is 27.6. The van der Waals surface area contributed by atoms with E-state index in [0.29, 0.717) is 23.7 Å². The molecule has 0 spiro atoms. The van der Waals surface area contributed by atoms with Crippen molar-refractivity contribution in [2.75, 3.05) is 0 Å². The number of hydrogen-bond donors (Lipinski definition) is 0. The van der Waals surface area contributed by atoms with Crippen LogP contribution in [-0.2, 0) is 0 Å². The van der Waals surface area contributed by atoms with Crippen molar-refractivity contribution in [2.24, 2.45) is 0 Å². The van der Waals surface area contributed by atoms with Crippen LogP contribution in [0.3, 0.4) is 0 Å². The second kappa shape index (κ2) is 12.4. The second-order valence-electron chi connectivity index (χ2n) is 11.2. The molecule has 4 rings (SSSR count). The van der Waals surface area contributed by atoms with Crippen molar-refractivity contribution in [2.45, 2.75) is 79.1 Å². The van der Waals surface area contributed by atoms with Crippen LogP contribution in [0.2, 0.25) is 0 Å². The Morgan fingerprint density at radius 2 is 0.921 bits per heavy atom. The number of para-hydroxylation sites is 2. The molecule has 0 amide bonds. The molecule has 2 nitrogen and oxygen atoms in total. The minimum atomic E-state index is -0.936. The van der Waals surface area contributed by atoms with Crippen molar-refractivity contribution in [3.05, 3.63) is 107 Å². The van der Waals surface area contributed by atoms with E-state index < -0.39 is 6.96 Å². The van der Waals surface area contributed by atoms with Gasteiger partial charge in [-0.2, -0.15) is 0 Å². The fraction of sp³-hybridized carbons (Fsp3) is 0.364. The molecule has 0 fully saturated rings. The van der Waals surface area contributed by atoms with Crippen molar-refractivity contribution < 1.29 is 0 Å². The molecule has 0 N–H and O–H groups in total. The first-order valence-corrected chi connectivity index (χ1v) is 17.6. The van der Waals surface area contributed by atoms with E-state index in [2.05, 4.69) is 144 Å². The van der Waals surface area contributed by atoms with Gasteiger partial charge >= 0.3 is 0 Å². The molecule has 4 aromatic rings. The number of hydrogen-bond acceptors (Lipinski definition) is 0. The third-order valence-corrected chi connectivity index (χ3v) is 11.6. The molecule has 1 aromatic heterocycles. The third-order valence-electron chi connectivity index (χ3n) is 7.11. The normalized spacial score (nSPS) is 12.9. The molecule has 38 heavy (non-hydrogen) atoms. The van der Waals surface area contributed by atoms with Gasteiger partial charge in [0.15, 0.2) is 5.20 Å². The van der Waals surface area contributed by atoms with Gasteiger partial charge in [-0.3, -0.25) is 9.13 Å². The monoisotopic (exact) mass is 562 g/mol. The summed E-state index contributed by atoms with van der Waals surface area (Å²) < 4.78 is 4.88. The first kappa shape index (κ1) is 28.9. The topological polar surface area (TPSA) is 9.86 Å². The van der Waals surface area contributed by atoms with Crippen LogP contribution in [0.5, 0.6) is 0 Å². The largest absolute Gasteiger partial charge is 0.297 e. The van der Waals surface area contributed by atoms with E-state index in [0.717, 1.165) is 7.89 Å². The van der Waals surface area contributed by atoms with Crippen molar-refractivity contribution in [1.82, 2.24) is 9.13 Å². The summed E-state index contributed by atoms with van der Waals surface area (Å²) in [5.41, 5.74) is 8.09. The lowest BCUT2D eigenvalue weighted by Gasteiger charge is -2.23. The average molecular weight is 563 g/mol. The Morgan fingerprint density at radius 1 is 0.553 bits per heavy atom. The minimum absolute atomic E-state index is 0.407. The Balaban J connectivity index is 2.14. The van der Waals surface area contributed by atoms with Gasteiger partial charge in [0.1, 0.15) is 0 Å². The van der Waals surface area contributed by atoms with E-state index >= 15 is 0 Å². The van der Waals surface area contributed by atoms with Crippen LogP contribution in [-0.4, -0.2) is 9.13 Å². The van der Waals surface area contributed by atoms with Gasteiger partial charge in [0, 0.05) is 12.4 Å². The quantitative estimate of drug-likeness (QED) is 0.189. The van der Waals surface area contributed by atoms with Crippen LogP contribution in [0.4, 0.5) is 0 Å². The first-order valence-electron chi connectivity index (χ1n) is 13.7. The summed E-state index contributed by atoms with van der Waals surface area (Å²) in [4.78, 5) is 0. The number of benzene rings is 3. The highest BCUT2D eigenvalue weighted by molar-refractivity contribution is 8.34. The molecule has 0 saturated heterocycles. The van der Waals surface area contributed by atoms with Crippen LogP contribution < -0.4 is 5.30 Å². The van der Waals surface area contributed by atoms with E-state index in [-0.39, 0.29) is 0 Å². The molecule has 0 aliphatic carbocycles. The van der Waals surface area contributed by atoms with Gasteiger partial charge in [-0.25, -0.2) is 0 Å². The lowest BCUT2D eigenvalue weighted by Crippen LogP contribution is -2.10. The minimum Gasteiger partial charge on any atom is -0.297 e. The van der Waals surface area contributed by atoms with Gasteiger partial charge in [0.25, 0.3) is 0 Å². The van der Waals surface area contributed by atoms with E-state index in [9.17, 15) is 0 Å². The lowest BCUT2D eigenvalue weighted by atomic mass is 9.92. The van der Waals surface area contributed by atoms with Gasteiger partial charge < -0.3 is 0 Å². The van der Waals surface area contributed by atoms with E-state index in [4.69, 9.17) is 11.2 Å². The molecule has 1 heterocycles. The SMILES string of the molecule is CC(C)c1cccc(C(C)C)c1-n1ccn(-c2c(C(C)C)cccc2C(C)C)c1=PP(Cl)c1ccccc1. The Bertz CT molecular complexity index is 1310. The van der Waals surface area contributed by atoms with Crippen LogP contribution in [0.1, 0.15) is 101 Å². The first-order chi connectivity index (χ1) is 18.1.